The Hall–Kier alpha value is -2.17. The van der Waals surface area contributed by atoms with Crippen LogP contribution in [0.15, 0.2) is 30.3 Å². The standard InChI is InChI=1S/C15H19FN4/c1-4-17-15-18-11(3)10-14(19-15)20(5-2)13-8-6-12(16)7-9-13/h6-10H,4-5H2,1-3H3,(H,17,18,19). The van der Waals surface area contributed by atoms with Crippen LogP contribution >= 0.6 is 0 Å². The van der Waals surface area contributed by atoms with E-state index in [1.165, 1.54) is 12.1 Å². The molecule has 106 valence electrons. The first kappa shape index (κ1) is 14.2. The number of aromatic nitrogens is 2. The van der Waals surface area contributed by atoms with Gasteiger partial charge in [-0.3, -0.25) is 0 Å². The minimum Gasteiger partial charge on any atom is -0.354 e. The predicted molar refractivity (Wildman–Crippen MR) is 80.0 cm³/mol. The Balaban J connectivity index is 2.38. The molecular weight excluding hydrogens is 255 g/mol. The molecule has 0 radical (unpaired) electrons. The van der Waals surface area contributed by atoms with Crippen LogP contribution in [0.25, 0.3) is 0 Å². The normalized spacial score (nSPS) is 10.4. The average Bonchev–Trinajstić information content (AvgIpc) is 2.41. The molecule has 2 aromatic rings. The second kappa shape index (κ2) is 6.32. The Morgan fingerprint density at radius 2 is 1.85 bits per heavy atom. The van der Waals surface area contributed by atoms with Gasteiger partial charge < -0.3 is 10.2 Å². The van der Waals surface area contributed by atoms with Crippen molar-refractivity contribution in [3.63, 3.8) is 0 Å². The summed E-state index contributed by atoms with van der Waals surface area (Å²) in [6.07, 6.45) is 0. The fourth-order valence-electron chi connectivity index (χ4n) is 2.03. The molecule has 0 aliphatic rings. The smallest absolute Gasteiger partial charge is 0.224 e. The van der Waals surface area contributed by atoms with Crippen LogP contribution in [0.1, 0.15) is 19.5 Å². The molecule has 2 rings (SSSR count). The van der Waals surface area contributed by atoms with Crippen LogP contribution in [0, 0.1) is 12.7 Å². The zero-order chi connectivity index (χ0) is 14.5. The first-order valence-corrected chi connectivity index (χ1v) is 6.76. The van der Waals surface area contributed by atoms with E-state index in [4.69, 9.17) is 0 Å². The van der Waals surface area contributed by atoms with Crippen molar-refractivity contribution in [3.05, 3.63) is 41.8 Å². The van der Waals surface area contributed by atoms with Crippen LogP contribution in [0.2, 0.25) is 0 Å². The van der Waals surface area contributed by atoms with Gasteiger partial charge in [-0.1, -0.05) is 0 Å². The molecule has 0 saturated heterocycles. The molecule has 0 spiro atoms. The van der Waals surface area contributed by atoms with Gasteiger partial charge in [0.2, 0.25) is 5.95 Å². The molecule has 4 nitrogen and oxygen atoms in total. The van der Waals surface area contributed by atoms with E-state index in [0.717, 1.165) is 30.3 Å². The average molecular weight is 274 g/mol. The van der Waals surface area contributed by atoms with Gasteiger partial charge in [0.1, 0.15) is 11.6 Å². The molecule has 0 aliphatic carbocycles. The Labute approximate surface area is 118 Å². The van der Waals surface area contributed by atoms with Crippen LogP contribution in [0.4, 0.5) is 21.8 Å². The molecule has 5 heteroatoms. The van der Waals surface area contributed by atoms with Gasteiger partial charge in [-0.05, 0) is 45.0 Å². The highest BCUT2D eigenvalue weighted by Gasteiger charge is 2.11. The largest absolute Gasteiger partial charge is 0.354 e. The Morgan fingerprint density at radius 3 is 2.45 bits per heavy atom. The van der Waals surface area contributed by atoms with Crippen molar-refractivity contribution in [3.8, 4) is 0 Å². The summed E-state index contributed by atoms with van der Waals surface area (Å²) in [5.41, 5.74) is 1.81. The monoisotopic (exact) mass is 274 g/mol. The topological polar surface area (TPSA) is 41.1 Å². The molecule has 0 saturated carbocycles. The number of rotatable bonds is 5. The van der Waals surface area contributed by atoms with Gasteiger partial charge in [0.05, 0.1) is 0 Å². The van der Waals surface area contributed by atoms with Crippen molar-refractivity contribution in [2.75, 3.05) is 23.3 Å². The molecule has 1 aromatic heterocycles. The second-order valence-electron chi connectivity index (χ2n) is 4.44. The van der Waals surface area contributed by atoms with Crippen LogP contribution in [-0.2, 0) is 0 Å². The highest BCUT2D eigenvalue weighted by Crippen LogP contribution is 2.24. The number of nitrogens with one attached hydrogen (secondary N) is 1. The summed E-state index contributed by atoms with van der Waals surface area (Å²) in [5, 5.41) is 3.12. The van der Waals surface area contributed by atoms with E-state index in [0.29, 0.717) is 5.95 Å². The van der Waals surface area contributed by atoms with Gasteiger partial charge in [0, 0.05) is 30.5 Å². The van der Waals surface area contributed by atoms with Crippen LogP contribution < -0.4 is 10.2 Å². The van der Waals surface area contributed by atoms with E-state index >= 15 is 0 Å². The van der Waals surface area contributed by atoms with E-state index in [1.807, 2.05) is 31.7 Å². The number of hydrogen-bond acceptors (Lipinski definition) is 4. The number of halogens is 1. The number of anilines is 3. The van der Waals surface area contributed by atoms with E-state index < -0.39 is 0 Å². The van der Waals surface area contributed by atoms with Crippen LogP contribution in [0.5, 0.6) is 0 Å². The van der Waals surface area contributed by atoms with E-state index in [-0.39, 0.29) is 5.82 Å². The minimum absolute atomic E-state index is 0.239. The first-order chi connectivity index (χ1) is 9.63. The number of nitrogens with zero attached hydrogens (tertiary/aromatic N) is 3. The molecule has 1 aromatic carbocycles. The molecule has 1 N–H and O–H groups in total. The third-order valence-corrected chi connectivity index (χ3v) is 2.91. The fourth-order valence-corrected chi connectivity index (χ4v) is 2.03. The lowest BCUT2D eigenvalue weighted by Gasteiger charge is -2.22. The number of aryl methyl sites for hydroxylation is 1. The molecule has 0 atom stereocenters. The molecule has 0 fully saturated rings. The predicted octanol–water partition coefficient (Wildman–Crippen LogP) is 3.51. The highest BCUT2D eigenvalue weighted by atomic mass is 19.1. The number of hydrogen-bond donors (Lipinski definition) is 1. The van der Waals surface area contributed by atoms with E-state index in [1.54, 1.807) is 12.1 Å². The maximum atomic E-state index is 13.0. The highest BCUT2D eigenvalue weighted by molar-refractivity contribution is 5.61. The molecule has 1 heterocycles. The van der Waals surface area contributed by atoms with Crippen molar-refractivity contribution in [1.29, 1.82) is 0 Å². The minimum atomic E-state index is -0.239. The van der Waals surface area contributed by atoms with Crippen LogP contribution in [0.3, 0.4) is 0 Å². The summed E-state index contributed by atoms with van der Waals surface area (Å²) in [7, 11) is 0. The van der Waals surface area contributed by atoms with Gasteiger partial charge in [-0.2, -0.15) is 4.98 Å². The second-order valence-corrected chi connectivity index (χ2v) is 4.44. The quantitative estimate of drug-likeness (QED) is 0.905. The lowest BCUT2D eigenvalue weighted by molar-refractivity contribution is 0.627. The third-order valence-electron chi connectivity index (χ3n) is 2.91. The third kappa shape index (κ3) is 3.23. The van der Waals surface area contributed by atoms with Crippen molar-refractivity contribution >= 4 is 17.5 Å². The van der Waals surface area contributed by atoms with Crippen molar-refractivity contribution < 1.29 is 4.39 Å². The van der Waals surface area contributed by atoms with Gasteiger partial charge in [0.15, 0.2) is 0 Å². The zero-order valence-corrected chi connectivity index (χ0v) is 12.0. The van der Waals surface area contributed by atoms with E-state index in [2.05, 4.69) is 15.3 Å². The summed E-state index contributed by atoms with van der Waals surface area (Å²) >= 11 is 0. The Morgan fingerprint density at radius 1 is 1.15 bits per heavy atom. The fraction of sp³-hybridized carbons (Fsp3) is 0.333. The molecule has 0 unspecified atom stereocenters. The Bertz CT molecular complexity index is 569. The molecular formula is C15H19FN4. The maximum Gasteiger partial charge on any atom is 0.224 e. The van der Waals surface area contributed by atoms with Gasteiger partial charge in [0.25, 0.3) is 0 Å². The van der Waals surface area contributed by atoms with Crippen molar-refractivity contribution in [2.24, 2.45) is 0 Å². The summed E-state index contributed by atoms with van der Waals surface area (Å²) in [4.78, 5) is 10.9. The van der Waals surface area contributed by atoms with Gasteiger partial charge >= 0.3 is 0 Å². The lowest BCUT2D eigenvalue weighted by Crippen LogP contribution is -2.18. The van der Waals surface area contributed by atoms with Gasteiger partial charge in [-0.15, -0.1) is 0 Å². The summed E-state index contributed by atoms with van der Waals surface area (Å²) in [6.45, 7) is 7.49. The Kier molecular flexibility index (Phi) is 4.50. The summed E-state index contributed by atoms with van der Waals surface area (Å²) in [5.74, 6) is 1.18. The zero-order valence-electron chi connectivity index (χ0n) is 12.0. The molecule has 0 bridgehead atoms. The molecule has 20 heavy (non-hydrogen) atoms. The summed E-state index contributed by atoms with van der Waals surface area (Å²) < 4.78 is 13.0. The first-order valence-electron chi connectivity index (χ1n) is 6.76. The molecule has 0 amide bonds. The number of benzene rings is 1. The maximum absolute atomic E-state index is 13.0. The van der Waals surface area contributed by atoms with E-state index in [9.17, 15) is 4.39 Å². The van der Waals surface area contributed by atoms with Crippen molar-refractivity contribution in [1.82, 2.24) is 9.97 Å². The van der Waals surface area contributed by atoms with Gasteiger partial charge in [-0.25, -0.2) is 9.37 Å². The molecule has 0 aliphatic heterocycles. The SMILES string of the molecule is CCNc1nc(C)cc(N(CC)c2ccc(F)cc2)n1. The van der Waals surface area contributed by atoms with Crippen molar-refractivity contribution in [2.45, 2.75) is 20.8 Å². The lowest BCUT2D eigenvalue weighted by atomic mass is 10.2. The van der Waals surface area contributed by atoms with Crippen LogP contribution in [-0.4, -0.2) is 23.1 Å². The summed E-state index contributed by atoms with van der Waals surface area (Å²) in [6, 6.07) is 8.34.